The number of carbonyl (C=O) groups excluding carboxylic acids is 1. The fourth-order valence-electron chi connectivity index (χ4n) is 2.91. The number of nitrogens with one attached hydrogen (secondary N) is 2. The normalized spacial score (nSPS) is 14.4. The van der Waals surface area contributed by atoms with Crippen LogP contribution in [0.15, 0.2) is 42.5 Å². The molecule has 0 unspecified atom stereocenters. The zero-order chi connectivity index (χ0) is 17.4. The Labute approximate surface area is 142 Å². The molecule has 5 nitrogen and oxygen atoms in total. The third-order valence-corrected chi connectivity index (χ3v) is 4.19. The van der Waals surface area contributed by atoms with E-state index in [1.54, 1.807) is 13.1 Å². The fourth-order valence-corrected chi connectivity index (χ4v) is 2.91. The van der Waals surface area contributed by atoms with Gasteiger partial charge in [-0.15, -0.1) is 0 Å². The minimum atomic E-state index is -0.874. The Morgan fingerprint density at radius 1 is 1.00 bits per heavy atom. The van der Waals surface area contributed by atoms with E-state index in [-0.39, 0.29) is 6.03 Å². The summed E-state index contributed by atoms with van der Waals surface area (Å²) in [7, 11) is 1.65. The van der Waals surface area contributed by atoms with E-state index in [0.717, 1.165) is 24.0 Å². The largest absolute Gasteiger partial charge is 0.478 e. The number of carbonyl (C=O) groups is 2. The molecule has 3 aliphatic carbocycles. The summed E-state index contributed by atoms with van der Waals surface area (Å²) < 4.78 is 0. The van der Waals surface area contributed by atoms with Gasteiger partial charge in [0, 0.05) is 13.1 Å². The molecule has 1 fully saturated rings. The van der Waals surface area contributed by atoms with E-state index in [9.17, 15) is 9.59 Å². The van der Waals surface area contributed by atoms with Crippen molar-refractivity contribution in [3.8, 4) is 11.1 Å². The van der Waals surface area contributed by atoms with Crippen molar-refractivity contribution in [2.75, 3.05) is 7.05 Å². The van der Waals surface area contributed by atoms with Gasteiger partial charge in [0.25, 0.3) is 0 Å². The van der Waals surface area contributed by atoms with Crippen molar-refractivity contribution in [2.45, 2.75) is 38.1 Å². The molecule has 1 saturated carbocycles. The zero-order valence-corrected chi connectivity index (χ0v) is 13.9. The fraction of sp³-hybridized carbons (Fsp3) is 0.368. The van der Waals surface area contributed by atoms with Crippen LogP contribution in [0.4, 0.5) is 4.79 Å². The number of rotatable bonds is 2. The van der Waals surface area contributed by atoms with Crippen molar-refractivity contribution in [1.82, 2.24) is 10.6 Å². The maximum absolute atomic E-state index is 10.9. The number of urea groups is 1. The Morgan fingerprint density at radius 2 is 1.71 bits per heavy atom. The lowest BCUT2D eigenvalue weighted by molar-refractivity contribution is 0.0698. The number of hydrogen-bond donors (Lipinski definition) is 3. The molecule has 3 N–H and O–H groups in total. The summed E-state index contributed by atoms with van der Waals surface area (Å²) in [5.74, 6) is -0.874. The van der Waals surface area contributed by atoms with Crippen LogP contribution in [0, 0.1) is 0 Å². The van der Waals surface area contributed by atoms with Crippen molar-refractivity contribution < 1.29 is 14.7 Å². The topological polar surface area (TPSA) is 78.4 Å². The molecule has 128 valence electrons. The van der Waals surface area contributed by atoms with Gasteiger partial charge < -0.3 is 15.7 Å². The lowest BCUT2D eigenvalue weighted by Crippen LogP contribution is -2.41. The van der Waals surface area contributed by atoms with Crippen LogP contribution in [0.3, 0.4) is 0 Å². The number of fused-ring (bicyclic) bond motifs is 1. The summed E-state index contributed by atoms with van der Waals surface area (Å²) in [5, 5.41) is 14.3. The average Bonchev–Trinajstić information content (AvgIpc) is 2.86. The van der Waals surface area contributed by atoms with Gasteiger partial charge in [-0.25, -0.2) is 9.59 Å². The molecule has 24 heavy (non-hydrogen) atoms. The van der Waals surface area contributed by atoms with Gasteiger partial charge in [0.15, 0.2) is 0 Å². The quantitative estimate of drug-likeness (QED) is 0.786. The van der Waals surface area contributed by atoms with Crippen LogP contribution in [0.5, 0.6) is 0 Å². The Kier molecular flexibility index (Phi) is 6.61. The average molecular weight is 328 g/mol. The summed E-state index contributed by atoms with van der Waals surface area (Å²) in [6.07, 6.45) is 6.14. The van der Waals surface area contributed by atoms with Crippen LogP contribution in [-0.4, -0.2) is 30.2 Å². The van der Waals surface area contributed by atoms with Crippen molar-refractivity contribution in [3.63, 3.8) is 0 Å². The summed E-state index contributed by atoms with van der Waals surface area (Å²) in [6, 6.07) is 13.2. The highest BCUT2D eigenvalue weighted by Gasteiger charge is 2.14. The molecule has 0 aromatic carbocycles. The highest BCUT2D eigenvalue weighted by Crippen LogP contribution is 2.26. The summed E-state index contributed by atoms with van der Waals surface area (Å²) in [5.41, 5.74) is 2.12. The first-order valence-corrected chi connectivity index (χ1v) is 8.31. The molecule has 3 aliphatic rings. The molecule has 0 aromatic rings. The van der Waals surface area contributed by atoms with Crippen molar-refractivity contribution >= 4 is 12.0 Å². The Morgan fingerprint density at radius 3 is 2.38 bits per heavy atom. The van der Waals surface area contributed by atoms with Gasteiger partial charge in [0.2, 0.25) is 0 Å². The minimum absolute atomic E-state index is 0.0445. The number of aromatic carboxylic acids is 1. The second-order valence-electron chi connectivity index (χ2n) is 5.89. The molecule has 0 aromatic heterocycles. The summed E-state index contributed by atoms with van der Waals surface area (Å²) >= 11 is 0. The zero-order valence-electron chi connectivity index (χ0n) is 13.9. The highest BCUT2D eigenvalue weighted by molar-refractivity contribution is 5.97. The maximum atomic E-state index is 10.9. The lowest BCUT2D eigenvalue weighted by atomic mass is 9.96. The molecular weight excluding hydrogens is 304 g/mol. The maximum Gasteiger partial charge on any atom is 0.336 e. The predicted molar refractivity (Wildman–Crippen MR) is 94.5 cm³/mol. The molecule has 0 spiro atoms. The lowest BCUT2D eigenvalue weighted by Gasteiger charge is -2.22. The third-order valence-electron chi connectivity index (χ3n) is 4.19. The van der Waals surface area contributed by atoms with E-state index in [1.807, 2.05) is 36.4 Å². The number of carboxylic acid groups (broad SMARTS) is 1. The van der Waals surface area contributed by atoms with Crippen LogP contribution in [0.25, 0.3) is 11.1 Å². The van der Waals surface area contributed by atoms with Gasteiger partial charge in [-0.05, 0) is 30.0 Å². The Bertz CT molecular complexity index is 651. The van der Waals surface area contributed by atoms with Crippen molar-refractivity contribution in [1.29, 1.82) is 0 Å². The number of carboxylic acids is 1. The van der Waals surface area contributed by atoms with Gasteiger partial charge in [-0.2, -0.15) is 0 Å². The van der Waals surface area contributed by atoms with Gasteiger partial charge in [0.05, 0.1) is 5.56 Å². The molecule has 0 aliphatic heterocycles. The van der Waals surface area contributed by atoms with Gasteiger partial charge in [0.1, 0.15) is 0 Å². The third kappa shape index (κ3) is 4.98. The van der Waals surface area contributed by atoms with Gasteiger partial charge in [-0.1, -0.05) is 55.7 Å². The predicted octanol–water partition coefficient (Wildman–Crippen LogP) is 3.74. The molecule has 0 heterocycles. The van der Waals surface area contributed by atoms with Crippen molar-refractivity contribution in [2.24, 2.45) is 0 Å². The molecule has 0 saturated heterocycles. The van der Waals surface area contributed by atoms with E-state index in [1.165, 1.54) is 19.3 Å². The summed E-state index contributed by atoms with van der Waals surface area (Å²) in [6.45, 7) is 0. The van der Waals surface area contributed by atoms with E-state index in [2.05, 4.69) is 10.6 Å². The monoisotopic (exact) mass is 328 g/mol. The first-order valence-electron chi connectivity index (χ1n) is 8.31. The first kappa shape index (κ1) is 17.8. The van der Waals surface area contributed by atoms with Crippen LogP contribution >= 0.6 is 0 Å². The van der Waals surface area contributed by atoms with Gasteiger partial charge in [-0.3, -0.25) is 0 Å². The van der Waals surface area contributed by atoms with E-state index in [4.69, 9.17) is 5.11 Å². The summed E-state index contributed by atoms with van der Waals surface area (Å²) in [4.78, 5) is 21.6. The standard InChI is InChI=1S/C11H8O2.C8H16N2O/c12-11(13)10-7-6-8-4-2-1-3-5-9(8)10;1-9-8(11)10-7-5-3-2-4-6-7/h1-7H,(H,12,13);7H,2-6H2,1H3,(H2,9,10,11). The van der Waals surface area contributed by atoms with E-state index >= 15 is 0 Å². The number of amides is 2. The van der Waals surface area contributed by atoms with Crippen molar-refractivity contribution in [3.05, 3.63) is 48.0 Å². The smallest absolute Gasteiger partial charge is 0.336 e. The highest BCUT2D eigenvalue weighted by atomic mass is 16.4. The SMILES string of the molecule is CNC(=O)NC1CCCCC1.O=C(O)c1ccc2cccccc1-2. The molecule has 0 radical (unpaired) electrons. The second kappa shape index (κ2) is 8.91. The molecule has 5 heteroatoms. The first-order chi connectivity index (χ1) is 11.6. The second-order valence-corrected chi connectivity index (χ2v) is 5.89. The van der Waals surface area contributed by atoms with Crippen LogP contribution in [-0.2, 0) is 0 Å². The van der Waals surface area contributed by atoms with Crippen LogP contribution in [0.2, 0.25) is 0 Å². The van der Waals surface area contributed by atoms with Gasteiger partial charge >= 0.3 is 12.0 Å². The van der Waals surface area contributed by atoms with E-state index < -0.39 is 5.97 Å². The number of hydrogen-bond acceptors (Lipinski definition) is 2. The van der Waals surface area contributed by atoms with E-state index in [0.29, 0.717) is 11.6 Å². The Hall–Kier alpha value is -2.56. The molecule has 0 atom stereocenters. The Balaban J connectivity index is 0.000000177. The van der Waals surface area contributed by atoms with Crippen LogP contribution in [0.1, 0.15) is 42.5 Å². The van der Waals surface area contributed by atoms with Crippen LogP contribution < -0.4 is 10.6 Å². The molecule has 0 bridgehead atoms. The molecular formula is C19H24N2O3. The minimum Gasteiger partial charge on any atom is -0.478 e. The molecule has 3 rings (SSSR count). The molecule has 2 amide bonds.